The van der Waals surface area contributed by atoms with Gasteiger partial charge in [0.25, 0.3) is 0 Å². The molecule has 0 aliphatic carbocycles. The molecule has 0 spiro atoms. The number of carbonyl (C=O) groups excluding carboxylic acids is 2. The number of carbonyl (C=O) groups is 3. The molecule has 2 fully saturated rings. The zero-order valence-electron chi connectivity index (χ0n) is 16.8. The smallest absolute Gasteiger partial charge is 0.329 e. The van der Waals surface area contributed by atoms with Crippen LogP contribution in [0.2, 0.25) is 0 Å². The maximum absolute atomic E-state index is 12.8. The number of fused-ring (bicyclic) bond motifs is 1. The minimum atomic E-state index is -0.810. The number of nitrogens with zero attached hydrogens (tertiary/aromatic N) is 4. The van der Waals surface area contributed by atoms with Crippen LogP contribution in [0.3, 0.4) is 0 Å². The number of nitrogens with one attached hydrogen (secondary N) is 1. The fourth-order valence-corrected chi connectivity index (χ4v) is 4.29. The number of imidazole rings is 1. The summed E-state index contributed by atoms with van der Waals surface area (Å²) in [6, 6.07) is 5.08. The monoisotopic (exact) mass is 415 g/mol. The number of benzene rings is 1. The largest absolute Gasteiger partial charge is 0.480 e. The summed E-state index contributed by atoms with van der Waals surface area (Å²) >= 11 is 0. The second kappa shape index (κ2) is 8.04. The zero-order valence-corrected chi connectivity index (χ0v) is 16.8. The molecule has 10 nitrogen and oxygen atoms in total. The van der Waals surface area contributed by atoms with E-state index in [4.69, 9.17) is 5.11 Å². The van der Waals surface area contributed by atoms with Gasteiger partial charge < -0.3 is 5.11 Å². The Bertz CT molecular complexity index is 1060. The first-order valence-electron chi connectivity index (χ1n) is 10.0. The number of aromatic nitrogens is 2. The SMILES string of the molecule is Cn1c(=O)n(C2CCC(=O)NC2=O)c2ccc(CN3CCN(CC(=O)O)CC3)cc21. The number of aryl methyl sites for hydroxylation is 1. The Hall–Kier alpha value is -2.98. The molecule has 2 N–H and O–H groups in total. The van der Waals surface area contributed by atoms with E-state index in [2.05, 4.69) is 10.2 Å². The summed E-state index contributed by atoms with van der Waals surface area (Å²) in [5, 5.41) is 11.2. The third-order valence-electron chi connectivity index (χ3n) is 5.91. The van der Waals surface area contributed by atoms with Gasteiger partial charge >= 0.3 is 11.7 Å². The first-order chi connectivity index (χ1) is 14.3. The average molecular weight is 415 g/mol. The van der Waals surface area contributed by atoms with Crippen molar-refractivity contribution in [1.82, 2.24) is 24.3 Å². The summed E-state index contributed by atoms with van der Waals surface area (Å²) in [5.74, 6) is -1.56. The number of amides is 2. The predicted molar refractivity (Wildman–Crippen MR) is 108 cm³/mol. The van der Waals surface area contributed by atoms with Gasteiger partial charge in [0.2, 0.25) is 11.8 Å². The number of piperidine rings is 1. The van der Waals surface area contributed by atoms with Crippen molar-refractivity contribution in [1.29, 1.82) is 0 Å². The van der Waals surface area contributed by atoms with Crippen molar-refractivity contribution in [3.05, 3.63) is 34.2 Å². The van der Waals surface area contributed by atoms with Gasteiger partial charge in [-0.25, -0.2) is 4.79 Å². The highest BCUT2D eigenvalue weighted by atomic mass is 16.4. The lowest BCUT2D eigenvalue weighted by molar-refractivity contribution is -0.139. The van der Waals surface area contributed by atoms with Crippen LogP contribution in [0.5, 0.6) is 0 Å². The summed E-state index contributed by atoms with van der Waals surface area (Å²) in [7, 11) is 1.68. The van der Waals surface area contributed by atoms with Crippen molar-refractivity contribution < 1.29 is 19.5 Å². The normalized spacial score (nSPS) is 21.2. The number of piperazine rings is 1. The third-order valence-corrected chi connectivity index (χ3v) is 5.91. The number of hydrogen-bond donors (Lipinski definition) is 2. The van der Waals surface area contributed by atoms with E-state index in [1.807, 2.05) is 23.1 Å². The number of carboxylic acid groups (broad SMARTS) is 1. The van der Waals surface area contributed by atoms with E-state index < -0.39 is 17.9 Å². The van der Waals surface area contributed by atoms with E-state index in [0.717, 1.165) is 24.2 Å². The van der Waals surface area contributed by atoms with Gasteiger partial charge in [-0.1, -0.05) is 6.07 Å². The molecule has 2 aromatic rings. The molecule has 1 atom stereocenters. The molecule has 160 valence electrons. The maximum atomic E-state index is 12.8. The molecule has 1 aromatic carbocycles. The summed E-state index contributed by atoms with van der Waals surface area (Å²) < 4.78 is 3.01. The standard InChI is InChI=1S/C20H25N5O5/c1-22-16-10-13(11-23-6-8-24(9-7-23)12-18(27)28)2-3-14(16)25(20(22)30)15-4-5-17(26)21-19(15)29/h2-3,10,15H,4-9,11-12H2,1H3,(H,27,28)(H,21,26,29). The van der Waals surface area contributed by atoms with E-state index in [9.17, 15) is 19.2 Å². The summed E-state index contributed by atoms with van der Waals surface area (Å²) in [6.45, 7) is 3.74. The molecule has 1 aromatic heterocycles. The van der Waals surface area contributed by atoms with Crippen LogP contribution >= 0.6 is 0 Å². The van der Waals surface area contributed by atoms with E-state index in [1.165, 1.54) is 9.13 Å². The maximum Gasteiger partial charge on any atom is 0.329 e. The quantitative estimate of drug-likeness (QED) is 0.634. The number of imide groups is 1. The van der Waals surface area contributed by atoms with Crippen molar-refractivity contribution in [2.24, 2.45) is 7.05 Å². The lowest BCUT2D eigenvalue weighted by Crippen LogP contribution is -2.47. The van der Waals surface area contributed by atoms with Crippen LogP contribution in [0.1, 0.15) is 24.4 Å². The molecule has 2 aliphatic rings. The lowest BCUT2D eigenvalue weighted by Gasteiger charge is -2.33. The first kappa shape index (κ1) is 20.3. The Balaban J connectivity index is 1.54. The van der Waals surface area contributed by atoms with E-state index in [-0.39, 0.29) is 24.6 Å². The number of aliphatic carboxylic acids is 1. The highest BCUT2D eigenvalue weighted by molar-refractivity contribution is 6.00. The molecule has 0 radical (unpaired) electrons. The van der Waals surface area contributed by atoms with Crippen LogP contribution in [0.25, 0.3) is 11.0 Å². The topological polar surface area (TPSA) is 117 Å². The van der Waals surface area contributed by atoms with Crippen LogP contribution < -0.4 is 11.0 Å². The van der Waals surface area contributed by atoms with Crippen molar-refractivity contribution in [2.75, 3.05) is 32.7 Å². The molecule has 2 saturated heterocycles. The van der Waals surface area contributed by atoms with Crippen molar-refractivity contribution >= 4 is 28.8 Å². The van der Waals surface area contributed by atoms with E-state index >= 15 is 0 Å². The fraction of sp³-hybridized carbons (Fsp3) is 0.500. The van der Waals surface area contributed by atoms with Gasteiger partial charge in [0.05, 0.1) is 17.6 Å². The molecular formula is C20H25N5O5. The molecule has 1 unspecified atom stereocenters. The summed E-state index contributed by atoms with van der Waals surface area (Å²) in [5.41, 5.74) is 2.18. The molecule has 4 rings (SSSR count). The van der Waals surface area contributed by atoms with Crippen molar-refractivity contribution in [3.8, 4) is 0 Å². The van der Waals surface area contributed by atoms with E-state index in [0.29, 0.717) is 31.6 Å². The zero-order chi connectivity index (χ0) is 21.4. The van der Waals surface area contributed by atoms with Gasteiger partial charge in [-0.3, -0.25) is 38.6 Å². The van der Waals surface area contributed by atoms with Crippen LogP contribution in [0.15, 0.2) is 23.0 Å². The van der Waals surface area contributed by atoms with Crippen LogP contribution in [-0.4, -0.2) is 74.5 Å². The molecule has 3 heterocycles. The first-order valence-corrected chi connectivity index (χ1v) is 10.0. The number of carboxylic acids is 1. The Morgan fingerprint density at radius 1 is 1.10 bits per heavy atom. The van der Waals surface area contributed by atoms with Crippen LogP contribution in [-0.2, 0) is 28.0 Å². The molecule has 0 saturated carbocycles. The van der Waals surface area contributed by atoms with Crippen molar-refractivity contribution in [2.45, 2.75) is 25.4 Å². The number of rotatable bonds is 5. The molecule has 2 amide bonds. The van der Waals surface area contributed by atoms with Crippen molar-refractivity contribution in [3.63, 3.8) is 0 Å². The highest BCUT2D eigenvalue weighted by Gasteiger charge is 2.31. The molecule has 30 heavy (non-hydrogen) atoms. The summed E-state index contributed by atoms with van der Waals surface area (Å²) in [4.78, 5) is 51.6. The minimum Gasteiger partial charge on any atom is -0.480 e. The molecule has 0 bridgehead atoms. The minimum absolute atomic E-state index is 0.0652. The van der Waals surface area contributed by atoms with Gasteiger partial charge in [0, 0.05) is 46.2 Å². The second-order valence-electron chi connectivity index (χ2n) is 7.95. The van der Waals surface area contributed by atoms with Gasteiger partial charge in [-0.2, -0.15) is 0 Å². The lowest BCUT2D eigenvalue weighted by atomic mass is 10.1. The molecule has 2 aliphatic heterocycles. The fourth-order valence-electron chi connectivity index (χ4n) is 4.29. The van der Waals surface area contributed by atoms with Gasteiger partial charge in [0.1, 0.15) is 6.04 Å². The Labute approximate surface area is 172 Å². The molecular weight excluding hydrogens is 390 g/mol. The Kier molecular flexibility index (Phi) is 5.44. The number of hydrogen-bond acceptors (Lipinski definition) is 6. The second-order valence-corrected chi connectivity index (χ2v) is 7.95. The van der Waals surface area contributed by atoms with Crippen LogP contribution in [0, 0.1) is 0 Å². The van der Waals surface area contributed by atoms with Gasteiger partial charge in [-0.05, 0) is 24.1 Å². The van der Waals surface area contributed by atoms with Gasteiger partial charge in [0.15, 0.2) is 0 Å². The van der Waals surface area contributed by atoms with Gasteiger partial charge in [-0.15, -0.1) is 0 Å². The molecule has 10 heteroatoms. The Morgan fingerprint density at radius 2 is 1.80 bits per heavy atom. The summed E-state index contributed by atoms with van der Waals surface area (Å²) in [6.07, 6.45) is 0.525. The predicted octanol–water partition coefficient (Wildman–Crippen LogP) is -0.480. The van der Waals surface area contributed by atoms with Crippen LogP contribution in [0.4, 0.5) is 0 Å². The average Bonchev–Trinajstić information content (AvgIpc) is 2.94. The third kappa shape index (κ3) is 3.88. The highest BCUT2D eigenvalue weighted by Crippen LogP contribution is 2.24. The van der Waals surface area contributed by atoms with E-state index in [1.54, 1.807) is 7.05 Å². The Morgan fingerprint density at radius 3 is 2.47 bits per heavy atom.